The van der Waals surface area contributed by atoms with Crippen LogP contribution in [0.3, 0.4) is 0 Å². The van der Waals surface area contributed by atoms with Gasteiger partial charge in [0, 0.05) is 10.2 Å². The first kappa shape index (κ1) is 15.4. The van der Waals surface area contributed by atoms with Crippen molar-refractivity contribution in [2.75, 3.05) is 11.5 Å². The first-order valence-corrected chi connectivity index (χ1v) is 9.69. The molecule has 0 amide bonds. The van der Waals surface area contributed by atoms with Crippen molar-refractivity contribution in [1.29, 1.82) is 0 Å². The second kappa shape index (κ2) is 6.33. The second-order valence-corrected chi connectivity index (χ2v) is 8.25. The lowest BCUT2D eigenvalue weighted by atomic mass is 9.69. The summed E-state index contributed by atoms with van der Waals surface area (Å²) >= 11 is 5.70. The molecule has 1 atom stereocenters. The summed E-state index contributed by atoms with van der Waals surface area (Å²) in [5, 5.41) is 9.80. The summed E-state index contributed by atoms with van der Waals surface area (Å²) in [6.45, 7) is 0. The van der Waals surface area contributed by atoms with Crippen molar-refractivity contribution >= 4 is 33.7 Å². The molecule has 0 aromatic heterocycles. The SMILES string of the molecule is O=C(O)C1(c2ccc(C3CCSC3)c(Br)c2)CCCCC1. The van der Waals surface area contributed by atoms with Crippen molar-refractivity contribution in [1.82, 2.24) is 0 Å². The number of carboxylic acids is 1. The molecule has 1 heterocycles. The van der Waals surface area contributed by atoms with E-state index in [9.17, 15) is 9.90 Å². The van der Waals surface area contributed by atoms with E-state index in [-0.39, 0.29) is 0 Å². The average molecular weight is 369 g/mol. The lowest BCUT2D eigenvalue weighted by molar-refractivity contribution is -0.145. The van der Waals surface area contributed by atoms with E-state index in [4.69, 9.17) is 0 Å². The Morgan fingerprint density at radius 2 is 2.05 bits per heavy atom. The van der Waals surface area contributed by atoms with Crippen LogP contribution in [0.2, 0.25) is 0 Å². The standard InChI is InChI=1S/C17H21BrO2S/c18-15-10-13(4-5-14(15)12-6-9-21-11-12)17(16(19)20)7-2-1-3-8-17/h4-5,10,12H,1-3,6-9,11H2,(H,19,20). The minimum Gasteiger partial charge on any atom is -0.481 e. The van der Waals surface area contributed by atoms with E-state index >= 15 is 0 Å². The third-order valence-corrected chi connectivity index (χ3v) is 6.89. The predicted octanol–water partition coefficient (Wildman–Crippen LogP) is 4.96. The van der Waals surface area contributed by atoms with Crippen LogP contribution in [0.1, 0.15) is 55.6 Å². The number of carbonyl (C=O) groups is 1. The van der Waals surface area contributed by atoms with Gasteiger partial charge in [-0.1, -0.05) is 47.3 Å². The van der Waals surface area contributed by atoms with E-state index in [1.54, 1.807) is 0 Å². The number of aliphatic carboxylic acids is 1. The van der Waals surface area contributed by atoms with Crippen molar-refractivity contribution in [2.24, 2.45) is 0 Å². The Morgan fingerprint density at radius 1 is 1.29 bits per heavy atom. The minimum absolute atomic E-state index is 0.616. The number of hydrogen-bond donors (Lipinski definition) is 1. The number of benzene rings is 1. The highest BCUT2D eigenvalue weighted by atomic mass is 79.9. The van der Waals surface area contributed by atoms with Gasteiger partial charge < -0.3 is 5.11 Å². The molecule has 1 saturated heterocycles. The van der Waals surface area contributed by atoms with E-state index in [2.05, 4.69) is 34.1 Å². The Balaban J connectivity index is 1.94. The Kier molecular flexibility index (Phi) is 4.65. The normalized spacial score (nSPS) is 24.9. The number of rotatable bonds is 3. The first-order valence-electron chi connectivity index (χ1n) is 7.74. The summed E-state index contributed by atoms with van der Waals surface area (Å²) in [7, 11) is 0. The van der Waals surface area contributed by atoms with Gasteiger partial charge in [-0.05, 0) is 48.1 Å². The Bertz CT molecular complexity index is 532. The van der Waals surface area contributed by atoms with E-state index in [0.717, 1.165) is 42.1 Å². The molecule has 3 rings (SSSR count). The van der Waals surface area contributed by atoms with Gasteiger partial charge in [0.2, 0.25) is 0 Å². The Labute approximate surface area is 138 Å². The minimum atomic E-state index is -0.663. The van der Waals surface area contributed by atoms with Crippen LogP contribution in [0.15, 0.2) is 22.7 Å². The third kappa shape index (κ3) is 2.89. The number of hydrogen-bond acceptors (Lipinski definition) is 2. The van der Waals surface area contributed by atoms with E-state index in [1.165, 1.54) is 23.5 Å². The summed E-state index contributed by atoms with van der Waals surface area (Å²) in [5.41, 5.74) is 1.67. The molecular formula is C17H21BrO2S. The van der Waals surface area contributed by atoms with Gasteiger partial charge in [0.05, 0.1) is 5.41 Å². The van der Waals surface area contributed by atoms with Crippen LogP contribution in [-0.2, 0) is 10.2 Å². The molecule has 0 radical (unpaired) electrons. The quantitative estimate of drug-likeness (QED) is 0.819. The van der Waals surface area contributed by atoms with Gasteiger partial charge in [0.15, 0.2) is 0 Å². The van der Waals surface area contributed by atoms with Gasteiger partial charge >= 0.3 is 5.97 Å². The van der Waals surface area contributed by atoms with Crippen molar-refractivity contribution in [3.05, 3.63) is 33.8 Å². The highest BCUT2D eigenvalue weighted by Crippen LogP contribution is 2.43. The smallest absolute Gasteiger partial charge is 0.314 e. The maximum absolute atomic E-state index is 11.9. The molecule has 1 aromatic rings. The van der Waals surface area contributed by atoms with Crippen LogP contribution in [0.25, 0.3) is 0 Å². The zero-order valence-corrected chi connectivity index (χ0v) is 14.5. The highest BCUT2D eigenvalue weighted by Gasteiger charge is 2.41. The van der Waals surface area contributed by atoms with E-state index in [1.807, 2.05) is 11.8 Å². The predicted molar refractivity (Wildman–Crippen MR) is 91.2 cm³/mol. The van der Waals surface area contributed by atoms with Gasteiger partial charge in [0.25, 0.3) is 0 Å². The fraction of sp³-hybridized carbons (Fsp3) is 0.588. The Hall–Kier alpha value is -0.480. The maximum Gasteiger partial charge on any atom is 0.314 e. The zero-order valence-electron chi connectivity index (χ0n) is 12.1. The molecular weight excluding hydrogens is 348 g/mol. The van der Waals surface area contributed by atoms with Crippen LogP contribution >= 0.6 is 27.7 Å². The molecule has 2 aliphatic rings. The lowest BCUT2D eigenvalue weighted by Gasteiger charge is -2.34. The van der Waals surface area contributed by atoms with Crippen molar-refractivity contribution < 1.29 is 9.90 Å². The molecule has 0 spiro atoms. The summed E-state index contributed by atoms with van der Waals surface area (Å²) < 4.78 is 1.10. The molecule has 1 aromatic carbocycles. The van der Waals surface area contributed by atoms with Crippen LogP contribution in [0.4, 0.5) is 0 Å². The molecule has 1 aliphatic heterocycles. The monoisotopic (exact) mass is 368 g/mol. The van der Waals surface area contributed by atoms with Gasteiger partial charge in [-0.3, -0.25) is 4.79 Å². The molecule has 1 N–H and O–H groups in total. The fourth-order valence-electron chi connectivity index (χ4n) is 3.72. The van der Waals surface area contributed by atoms with Gasteiger partial charge in [0.1, 0.15) is 0 Å². The van der Waals surface area contributed by atoms with Crippen molar-refractivity contribution in [3.8, 4) is 0 Å². The maximum atomic E-state index is 11.9. The summed E-state index contributed by atoms with van der Waals surface area (Å²) in [5.74, 6) is 2.38. The van der Waals surface area contributed by atoms with E-state index < -0.39 is 11.4 Å². The zero-order chi connectivity index (χ0) is 14.9. The number of carboxylic acid groups (broad SMARTS) is 1. The highest BCUT2D eigenvalue weighted by molar-refractivity contribution is 9.10. The fourth-order valence-corrected chi connectivity index (χ4v) is 5.67. The average Bonchev–Trinajstić information content (AvgIpc) is 3.01. The van der Waals surface area contributed by atoms with Gasteiger partial charge in [-0.15, -0.1) is 0 Å². The molecule has 2 fully saturated rings. The molecule has 2 nitrogen and oxygen atoms in total. The van der Waals surface area contributed by atoms with Crippen molar-refractivity contribution in [3.63, 3.8) is 0 Å². The van der Waals surface area contributed by atoms with E-state index in [0.29, 0.717) is 5.92 Å². The van der Waals surface area contributed by atoms with Gasteiger partial charge in [-0.2, -0.15) is 11.8 Å². The molecule has 0 bridgehead atoms. The van der Waals surface area contributed by atoms with Crippen LogP contribution in [0.5, 0.6) is 0 Å². The van der Waals surface area contributed by atoms with Crippen LogP contribution in [0, 0.1) is 0 Å². The molecule has 4 heteroatoms. The molecule has 1 unspecified atom stereocenters. The molecule has 114 valence electrons. The Morgan fingerprint density at radius 3 is 2.62 bits per heavy atom. The van der Waals surface area contributed by atoms with Crippen LogP contribution < -0.4 is 0 Å². The van der Waals surface area contributed by atoms with Crippen LogP contribution in [-0.4, -0.2) is 22.6 Å². The molecule has 21 heavy (non-hydrogen) atoms. The largest absolute Gasteiger partial charge is 0.481 e. The topological polar surface area (TPSA) is 37.3 Å². The summed E-state index contributed by atoms with van der Waals surface area (Å²) in [6.07, 6.45) is 5.97. The second-order valence-electron chi connectivity index (χ2n) is 6.24. The number of halogens is 1. The first-order chi connectivity index (χ1) is 10.1. The third-order valence-electron chi connectivity index (χ3n) is 5.04. The number of thioether (sulfide) groups is 1. The molecule has 1 aliphatic carbocycles. The molecule has 1 saturated carbocycles. The lowest BCUT2D eigenvalue weighted by Crippen LogP contribution is -2.37. The van der Waals surface area contributed by atoms with Crippen molar-refractivity contribution in [2.45, 2.75) is 49.9 Å². The van der Waals surface area contributed by atoms with Gasteiger partial charge in [-0.25, -0.2) is 0 Å². The summed E-state index contributed by atoms with van der Waals surface area (Å²) in [6, 6.07) is 6.32. The summed E-state index contributed by atoms with van der Waals surface area (Å²) in [4.78, 5) is 11.9.